The number of nitrogens with zero attached hydrogens (tertiary/aromatic N) is 1. The fraction of sp³-hybridized carbons (Fsp3) is 0.0714. The molecule has 1 heterocycles. The van der Waals surface area contributed by atoms with Gasteiger partial charge in [0.15, 0.2) is 0 Å². The molecule has 4 nitrogen and oxygen atoms in total. The molecular formula is C14H12FN3OS. The summed E-state index contributed by atoms with van der Waals surface area (Å²) in [7, 11) is 0. The van der Waals surface area contributed by atoms with Crippen LogP contribution in [-0.2, 0) is 0 Å². The lowest BCUT2D eigenvalue weighted by atomic mass is 10.1. The van der Waals surface area contributed by atoms with Crippen molar-refractivity contribution < 1.29 is 9.18 Å². The zero-order valence-electron chi connectivity index (χ0n) is 10.7. The molecule has 0 atom stereocenters. The first-order valence-corrected chi connectivity index (χ1v) is 6.22. The van der Waals surface area contributed by atoms with Gasteiger partial charge in [-0.3, -0.25) is 9.78 Å². The van der Waals surface area contributed by atoms with Crippen LogP contribution in [0.4, 0.5) is 10.1 Å². The second kappa shape index (κ2) is 5.75. The Labute approximate surface area is 120 Å². The average molecular weight is 289 g/mol. The number of hydrogen-bond acceptors (Lipinski definition) is 3. The van der Waals surface area contributed by atoms with Crippen molar-refractivity contribution >= 4 is 28.8 Å². The number of carbonyl (C=O) groups is 1. The Bertz CT molecular complexity index is 688. The van der Waals surface area contributed by atoms with E-state index in [1.807, 2.05) is 0 Å². The number of aryl methyl sites for hydroxylation is 1. The molecule has 20 heavy (non-hydrogen) atoms. The lowest BCUT2D eigenvalue weighted by Crippen LogP contribution is -2.18. The third kappa shape index (κ3) is 2.97. The zero-order valence-corrected chi connectivity index (χ0v) is 11.5. The van der Waals surface area contributed by atoms with Gasteiger partial charge in [0.25, 0.3) is 5.91 Å². The van der Waals surface area contributed by atoms with Crippen LogP contribution in [0.3, 0.4) is 0 Å². The van der Waals surface area contributed by atoms with E-state index in [2.05, 4.69) is 10.3 Å². The monoisotopic (exact) mass is 289 g/mol. The van der Waals surface area contributed by atoms with Crippen LogP contribution in [-0.4, -0.2) is 15.9 Å². The van der Waals surface area contributed by atoms with Crippen molar-refractivity contribution in [1.82, 2.24) is 4.98 Å². The first kappa shape index (κ1) is 14.1. The predicted molar refractivity (Wildman–Crippen MR) is 79.2 cm³/mol. The first-order valence-electron chi connectivity index (χ1n) is 5.81. The molecule has 0 bridgehead atoms. The van der Waals surface area contributed by atoms with Crippen molar-refractivity contribution in [3.05, 3.63) is 59.2 Å². The van der Waals surface area contributed by atoms with E-state index in [-0.39, 0.29) is 16.5 Å². The van der Waals surface area contributed by atoms with E-state index in [0.717, 1.165) is 0 Å². The van der Waals surface area contributed by atoms with Crippen LogP contribution >= 0.6 is 12.2 Å². The van der Waals surface area contributed by atoms with Crippen molar-refractivity contribution in [2.45, 2.75) is 6.92 Å². The van der Waals surface area contributed by atoms with Crippen LogP contribution in [0.1, 0.15) is 21.6 Å². The van der Waals surface area contributed by atoms with Gasteiger partial charge in [-0.15, -0.1) is 0 Å². The summed E-state index contributed by atoms with van der Waals surface area (Å²) in [5, 5.41) is 2.66. The summed E-state index contributed by atoms with van der Waals surface area (Å²) in [5.74, 6) is -0.817. The number of aromatic nitrogens is 1. The highest BCUT2D eigenvalue weighted by atomic mass is 32.1. The fourth-order valence-corrected chi connectivity index (χ4v) is 1.91. The smallest absolute Gasteiger partial charge is 0.257 e. The van der Waals surface area contributed by atoms with E-state index in [1.165, 1.54) is 18.2 Å². The van der Waals surface area contributed by atoms with Crippen LogP contribution < -0.4 is 11.1 Å². The standard InChI is InChI=1S/C14H12FN3OS/c1-8-10(3-2-6-17-8)14(19)18-12-5-4-9(15)7-11(12)13(16)20/h2-7H,1H3,(H2,16,20)(H,18,19). The Morgan fingerprint density at radius 1 is 1.35 bits per heavy atom. The minimum atomic E-state index is -0.469. The number of thiocarbonyl (C=S) groups is 1. The molecule has 0 saturated heterocycles. The minimum absolute atomic E-state index is 0.0164. The third-order valence-corrected chi connectivity index (χ3v) is 2.97. The second-order valence-electron chi connectivity index (χ2n) is 4.14. The van der Waals surface area contributed by atoms with Gasteiger partial charge >= 0.3 is 0 Å². The highest BCUT2D eigenvalue weighted by Crippen LogP contribution is 2.18. The molecule has 0 aliphatic carbocycles. The summed E-state index contributed by atoms with van der Waals surface area (Å²) in [6, 6.07) is 7.16. The van der Waals surface area contributed by atoms with Gasteiger partial charge in [0.05, 0.1) is 11.3 Å². The van der Waals surface area contributed by atoms with Crippen LogP contribution in [0.5, 0.6) is 0 Å². The van der Waals surface area contributed by atoms with Gasteiger partial charge in [-0.05, 0) is 37.3 Å². The van der Waals surface area contributed by atoms with Crippen molar-refractivity contribution in [3.63, 3.8) is 0 Å². The number of nitrogens with one attached hydrogen (secondary N) is 1. The van der Waals surface area contributed by atoms with E-state index in [1.54, 1.807) is 25.3 Å². The molecule has 0 unspecified atom stereocenters. The van der Waals surface area contributed by atoms with Crippen molar-refractivity contribution in [3.8, 4) is 0 Å². The maximum absolute atomic E-state index is 13.2. The molecule has 2 rings (SSSR count). The van der Waals surface area contributed by atoms with Gasteiger partial charge in [-0.25, -0.2) is 4.39 Å². The largest absolute Gasteiger partial charge is 0.389 e. The minimum Gasteiger partial charge on any atom is -0.389 e. The van der Waals surface area contributed by atoms with Gasteiger partial charge in [0.1, 0.15) is 10.8 Å². The number of anilines is 1. The highest BCUT2D eigenvalue weighted by Gasteiger charge is 2.13. The molecule has 1 aromatic carbocycles. The number of nitrogens with two attached hydrogens (primary N) is 1. The molecule has 102 valence electrons. The Balaban J connectivity index is 2.33. The molecule has 0 aliphatic heterocycles. The maximum atomic E-state index is 13.2. The molecule has 0 saturated carbocycles. The van der Waals surface area contributed by atoms with Gasteiger partial charge < -0.3 is 11.1 Å². The summed E-state index contributed by atoms with van der Waals surface area (Å²) in [6.07, 6.45) is 1.60. The number of halogens is 1. The van der Waals surface area contributed by atoms with Gasteiger partial charge in [-0.1, -0.05) is 12.2 Å². The SMILES string of the molecule is Cc1ncccc1C(=O)Nc1ccc(F)cc1C(N)=S. The van der Waals surface area contributed by atoms with Crippen LogP contribution in [0.2, 0.25) is 0 Å². The lowest BCUT2D eigenvalue weighted by molar-refractivity contribution is 0.102. The molecule has 6 heteroatoms. The van der Waals surface area contributed by atoms with Crippen LogP contribution in [0.25, 0.3) is 0 Å². The molecular weight excluding hydrogens is 277 g/mol. The number of benzene rings is 1. The molecule has 0 radical (unpaired) electrons. The van der Waals surface area contributed by atoms with Crippen molar-refractivity contribution in [2.75, 3.05) is 5.32 Å². The first-order chi connectivity index (χ1) is 9.49. The van der Waals surface area contributed by atoms with Crippen LogP contribution in [0, 0.1) is 12.7 Å². The molecule has 0 aliphatic rings. The average Bonchev–Trinajstić information content (AvgIpc) is 2.41. The summed E-state index contributed by atoms with van der Waals surface area (Å²) in [6.45, 7) is 1.73. The number of carbonyl (C=O) groups excluding carboxylic acids is 1. The predicted octanol–water partition coefficient (Wildman–Crippen LogP) is 2.42. The number of hydrogen-bond donors (Lipinski definition) is 2. The van der Waals surface area contributed by atoms with Crippen molar-refractivity contribution in [2.24, 2.45) is 5.73 Å². The summed E-state index contributed by atoms with van der Waals surface area (Å²) in [4.78, 5) is 16.2. The lowest BCUT2D eigenvalue weighted by Gasteiger charge is -2.11. The summed E-state index contributed by atoms with van der Waals surface area (Å²) in [5.41, 5.74) is 7.22. The van der Waals surface area contributed by atoms with Gasteiger partial charge in [0.2, 0.25) is 0 Å². The van der Waals surface area contributed by atoms with Crippen LogP contribution in [0.15, 0.2) is 36.5 Å². The van der Waals surface area contributed by atoms with E-state index in [4.69, 9.17) is 18.0 Å². The van der Waals surface area contributed by atoms with E-state index >= 15 is 0 Å². The van der Waals surface area contributed by atoms with Crippen molar-refractivity contribution in [1.29, 1.82) is 0 Å². The second-order valence-corrected chi connectivity index (χ2v) is 4.58. The van der Waals surface area contributed by atoms with E-state index in [9.17, 15) is 9.18 Å². The molecule has 3 N–H and O–H groups in total. The maximum Gasteiger partial charge on any atom is 0.257 e. The Morgan fingerprint density at radius 3 is 2.75 bits per heavy atom. The Kier molecular flexibility index (Phi) is 4.05. The molecule has 1 amide bonds. The fourth-order valence-electron chi connectivity index (χ4n) is 1.74. The summed E-state index contributed by atoms with van der Waals surface area (Å²) >= 11 is 4.85. The molecule has 2 aromatic rings. The van der Waals surface area contributed by atoms with Gasteiger partial charge in [0, 0.05) is 17.5 Å². The third-order valence-electron chi connectivity index (χ3n) is 2.75. The molecule has 0 fully saturated rings. The quantitative estimate of drug-likeness (QED) is 0.852. The Morgan fingerprint density at radius 2 is 2.10 bits per heavy atom. The number of amides is 1. The Hall–Kier alpha value is -2.34. The highest BCUT2D eigenvalue weighted by molar-refractivity contribution is 7.80. The molecule has 0 spiro atoms. The number of rotatable bonds is 3. The topological polar surface area (TPSA) is 68.0 Å². The van der Waals surface area contributed by atoms with E-state index in [0.29, 0.717) is 16.9 Å². The van der Waals surface area contributed by atoms with Gasteiger partial charge in [-0.2, -0.15) is 0 Å². The summed E-state index contributed by atoms with van der Waals surface area (Å²) < 4.78 is 13.2. The normalized spacial score (nSPS) is 10.1. The molecule has 1 aromatic heterocycles. The van der Waals surface area contributed by atoms with E-state index < -0.39 is 5.82 Å². The number of pyridine rings is 1. The zero-order chi connectivity index (χ0) is 14.7.